The number of nitrogens with two attached hydrogens (primary N) is 1. The molecule has 1 heterocycles. The fraction of sp³-hybridized carbons (Fsp3) is 0.786. The third kappa shape index (κ3) is 2.75. The van der Waals surface area contributed by atoms with Gasteiger partial charge in [-0.15, -0.1) is 0 Å². The molecule has 1 aliphatic rings. The molecule has 4 heteroatoms. The molecule has 1 aromatic rings. The van der Waals surface area contributed by atoms with Crippen LogP contribution in [0.4, 0.5) is 0 Å². The quantitative estimate of drug-likeness (QED) is 0.862. The first-order valence-electron chi connectivity index (χ1n) is 7.01. The van der Waals surface area contributed by atoms with Gasteiger partial charge < -0.3 is 15.4 Å². The third-order valence-electron chi connectivity index (χ3n) is 4.22. The lowest BCUT2D eigenvalue weighted by molar-refractivity contribution is 0.167. The van der Waals surface area contributed by atoms with Gasteiger partial charge in [-0.2, -0.15) is 0 Å². The summed E-state index contributed by atoms with van der Waals surface area (Å²) < 4.78 is 2.26. The lowest BCUT2D eigenvalue weighted by Gasteiger charge is -2.30. The molecule has 0 saturated heterocycles. The molecule has 1 fully saturated rings. The summed E-state index contributed by atoms with van der Waals surface area (Å²) in [6, 6.07) is 0.568. The molecule has 1 atom stereocenters. The molecule has 2 rings (SSSR count). The molecular formula is C14H25N3O. The van der Waals surface area contributed by atoms with Crippen LogP contribution in [-0.4, -0.2) is 21.3 Å². The van der Waals surface area contributed by atoms with Crippen LogP contribution in [0.15, 0.2) is 12.5 Å². The number of hydrogen-bond acceptors (Lipinski definition) is 3. The zero-order chi connectivity index (χ0) is 13.1. The van der Waals surface area contributed by atoms with Crippen molar-refractivity contribution in [2.75, 3.05) is 6.61 Å². The number of aliphatic hydroxyl groups excluding tert-OH is 1. The Morgan fingerprint density at radius 3 is 2.61 bits per heavy atom. The summed E-state index contributed by atoms with van der Waals surface area (Å²) in [5.74, 6) is 0.918. The molecule has 0 radical (unpaired) electrons. The van der Waals surface area contributed by atoms with Crippen LogP contribution < -0.4 is 5.73 Å². The minimum atomic E-state index is 0.0584. The molecule has 3 N–H and O–H groups in total. The van der Waals surface area contributed by atoms with E-state index in [-0.39, 0.29) is 6.04 Å². The second kappa shape index (κ2) is 5.85. The van der Waals surface area contributed by atoms with Gasteiger partial charge in [-0.3, -0.25) is 0 Å². The predicted molar refractivity (Wildman–Crippen MR) is 72.1 cm³/mol. The first-order valence-corrected chi connectivity index (χ1v) is 7.01. The van der Waals surface area contributed by atoms with Crippen LogP contribution in [0.5, 0.6) is 0 Å². The van der Waals surface area contributed by atoms with Crippen molar-refractivity contribution in [1.29, 1.82) is 0 Å². The molecule has 0 amide bonds. The van der Waals surface area contributed by atoms with Gasteiger partial charge in [-0.1, -0.05) is 13.8 Å². The molecule has 0 spiro atoms. The first-order chi connectivity index (χ1) is 8.63. The molecule has 0 aromatic carbocycles. The largest absolute Gasteiger partial charge is 0.396 e. The zero-order valence-corrected chi connectivity index (χ0v) is 11.4. The van der Waals surface area contributed by atoms with E-state index in [4.69, 9.17) is 5.73 Å². The predicted octanol–water partition coefficient (Wildman–Crippen LogP) is 2.26. The molecule has 0 bridgehead atoms. The summed E-state index contributed by atoms with van der Waals surface area (Å²) >= 11 is 0. The Morgan fingerprint density at radius 1 is 1.39 bits per heavy atom. The first kappa shape index (κ1) is 13.6. The van der Waals surface area contributed by atoms with Crippen LogP contribution in [0.2, 0.25) is 0 Å². The number of aromatic nitrogens is 2. The van der Waals surface area contributed by atoms with Crippen molar-refractivity contribution in [2.24, 2.45) is 17.6 Å². The van der Waals surface area contributed by atoms with E-state index in [2.05, 4.69) is 23.4 Å². The zero-order valence-electron chi connectivity index (χ0n) is 11.4. The van der Waals surface area contributed by atoms with Crippen molar-refractivity contribution in [3.05, 3.63) is 18.2 Å². The highest BCUT2D eigenvalue weighted by Gasteiger charge is 2.25. The summed E-state index contributed by atoms with van der Waals surface area (Å²) in [6.45, 7) is 4.62. The van der Waals surface area contributed by atoms with Gasteiger partial charge in [0.1, 0.15) is 0 Å². The fourth-order valence-electron chi connectivity index (χ4n) is 2.83. The number of aliphatic hydroxyl groups is 1. The number of hydrogen-bond donors (Lipinski definition) is 2. The highest BCUT2D eigenvalue weighted by Crippen LogP contribution is 2.34. The van der Waals surface area contributed by atoms with Gasteiger partial charge in [0.25, 0.3) is 0 Å². The standard InChI is InChI=1S/C14H25N3O/c1-10(2)14(15)13-7-16-9-17(13)12-5-3-11(8-18)4-6-12/h7,9-12,14,18H,3-6,8,15H2,1-2H3. The van der Waals surface area contributed by atoms with E-state index < -0.39 is 0 Å². The van der Waals surface area contributed by atoms with Gasteiger partial charge in [-0.25, -0.2) is 4.98 Å². The number of nitrogens with zero attached hydrogens (tertiary/aromatic N) is 2. The molecule has 18 heavy (non-hydrogen) atoms. The van der Waals surface area contributed by atoms with Crippen molar-refractivity contribution >= 4 is 0 Å². The molecule has 1 saturated carbocycles. The second-order valence-corrected chi connectivity index (χ2v) is 5.85. The van der Waals surface area contributed by atoms with Crippen molar-refractivity contribution in [3.8, 4) is 0 Å². The van der Waals surface area contributed by atoms with Crippen molar-refractivity contribution in [2.45, 2.75) is 51.6 Å². The summed E-state index contributed by atoms with van der Waals surface area (Å²) in [4.78, 5) is 4.27. The van der Waals surface area contributed by atoms with Crippen LogP contribution in [0.25, 0.3) is 0 Å². The van der Waals surface area contributed by atoms with E-state index in [1.54, 1.807) is 0 Å². The SMILES string of the molecule is CC(C)C(N)c1cncn1C1CCC(CO)CC1. The van der Waals surface area contributed by atoms with Crippen LogP contribution >= 0.6 is 0 Å². The van der Waals surface area contributed by atoms with Crippen LogP contribution in [0, 0.1) is 11.8 Å². The monoisotopic (exact) mass is 251 g/mol. The molecule has 1 aromatic heterocycles. The Bertz CT molecular complexity index is 367. The van der Waals surface area contributed by atoms with Crippen LogP contribution in [0.3, 0.4) is 0 Å². The molecule has 1 unspecified atom stereocenters. The summed E-state index contributed by atoms with van der Waals surface area (Å²) in [5.41, 5.74) is 7.39. The molecule has 4 nitrogen and oxygen atoms in total. The lowest BCUT2D eigenvalue weighted by Crippen LogP contribution is -2.25. The minimum Gasteiger partial charge on any atom is -0.396 e. The Kier molecular flexibility index (Phi) is 4.40. The van der Waals surface area contributed by atoms with E-state index in [0.29, 0.717) is 24.5 Å². The Hall–Kier alpha value is -0.870. The molecule has 102 valence electrons. The maximum Gasteiger partial charge on any atom is 0.0951 e. The summed E-state index contributed by atoms with van der Waals surface area (Å²) in [7, 11) is 0. The number of imidazole rings is 1. The maximum atomic E-state index is 9.18. The van der Waals surface area contributed by atoms with Crippen molar-refractivity contribution in [1.82, 2.24) is 9.55 Å². The van der Waals surface area contributed by atoms with E-state index in [9.17, 15) is 5.11 Å². The number of rotatable bonds is 4. The van der Waals surface area contributed by atoms with E-state index >= 15 is 0 Å². The van der Waals surface area contributed by atoms with Crippen LogP contribution in [0.1, 0.15) is 57.3 Å². The van der Waals surface area contributed by atoms with Gasteiger partial charge in [0, 0.05) is 24.9 Å². The molecular weight excluding hydrogens is 226 g/mol. The van der Waals surface area contributed by atoms with E-state index in [0.717, 1.165) is 31.4 Å². The maximum absolute atomic E-state index is 9.18. The van der Waals surface area contributed by atoms with E-state index in [1.165, 1.54) is 0 Å². The minimum absolute atomic E-state index is 0.0584. The Morgan fingerprint density at radius 2 is 2.06 bits per heavy atom. The fourth-order valence-corrected chi connectivity index (χ4v) is 2.83. The Labute approximate surface area is 109 Å². The summed E-state index contributed by atoms with van der Waals surface area (Å²) in [6.07, 6.45) is 8.29. The highest BCUT2D eigenvalue weighted by molar-refractivity contribution is 5.07. The normalized spacial score (nSPS) is 26.5. The Balaban J connectivity index is 2.08. The molecule has 1 aliphatic carbocycles. The molecule has 0 aliphatic heterocycles. The third-order valence-corrected chi connectivity index (χ3v) is 4.22. The van der Waals surface area contributed by atoms with Gasteiger partial charge in [0.2, 0.25) is 0 Å². The van der Waals surface area contributed by atoms with Gasteiger partial charge in [-0.05, 0) is 37.5 Å². The topological polar surface area (TPSA) is 64.1 Å². The van der Waals surface area contributed by atoms with E-state index in [1.807, 2.05) is 12.5 Å². The highest BCUT2D eigenvalue weighted by atomic mass is 16.3. The van der Waals surface area contributed by atoms with Gasteiger partial charge in [0.05, 0.1) is 12.0 Å². The average Bonchev–Trinajstić information content (AvgIpc) is 2.87. The van der Waals surface area contributed by atoms with Crippen LogP contribution in [-0.2, 0) is 0 Å². The summed E-state index contributed by atoms with van der Waals surface area (Å²) in [5, 5.41) is 9.18. The average molecular weight is 251 g/mol. The lowest BCUT2D eigenvalue weighted by atomic mass is 9.86. The second-order valence-electron chi connectivity index (χ2n) is 5.85. The smallest absolute Gasteiger partial charge is 0.0951 e. The van der Waals surface area contributed by atoms with Gasteiger partial charge >= 0.3 is 0 Å². The van der Waals surface area contributed by atoms with Crippen molar-refractivity contribution < 1.29 is 5.11 Å². The van der Waals surface area contributed by atoms with Crippen molar-refractivity contribution in [3.63, 3.8) is 0 Å². The van der Waals surface area contributed by atoms with Gasteiger partial charge in [0.15, 0.2) is 0 Å².